The predicted octanol–water partition coefficient (Wildman–Crippen LogP) is 0.170. The maximum atomic E-state index is 3.70. The van der Waals surface area contributed by atoms with Crippen LogP contribution in [0, 0.1) is 6.54 Å². The van der Waals surface area contributed by atoms with Crippen molar-refractivity contribution in [2.75, 3.05) is 0 Å². The fourth-order valence-electron chi connectivity index (χ4n) is 0.246. The summed E-state index contributed by atoms with van der Waals surface area (Å²) in [6.45, 7) is 2.70. The Kier molecular flexibility index (Phi) is 0.906. The van der Waals surface area contributed by atoms with Gasteiger partial charge in [-0.05, 0) is 6.08 Å². The minimum Gasteiger partial charge on any atom is -0.362 e. The molecule has 0 atom stereocenters. The third kappa shape index (κ3) is 0.578. The third-order valence-corrected chi connectivity index (χ3v) is 0.466. The van der Waals surface area contributed by atoms with Crippen molar-refractivity contribution >= 4 is 6.34 Å². The largest absolute Gasteiger partial charge is 0.362 e. The zero-order valence-corrected chi connectivity index (χ0v) is 3.18. The van der Waals surface area contributed by atoms with Crippen LogP contribution in [-0.2, 0) is 0 Å². The van der Waals surface area contributed by atoms with Crippen molar-refractivity contribution in [1.29, 1.82) is 0 Å². The average Bonchev–Trinajstić information content (AvgIpc) is 1.72. The van der Waals surface area contributed by atoms with E-state index < -0.39 is 0 Å². The molecule has 0 spiro atoms. The maximum absolute atomic E-state index is 3.70. The Labute approximate surface area is 36.6 Å². The Balaban J connectivity index is 2.46. The summed E-state index contributed by atoms with van der Waals surface area (Å²) in [5.41, 5.74) is 0. The first-order chi connectivity index (χ1) is 3.00. The van der Waals surface area contributed by atoms with Crippen molar-refractivity contribution in [3.8, 4) is 0 Å². The molecule has 2 nitrogen and oxygen atoms in total. The van der Waals surface area contributed by atoms with E-state index in [1.165, 1.54) is 0 Å². The molecule has 1 N–H and O–H groups in total. The van der Waals surface area contributed by atoms with Crippen molar-refractivity contribution in [1.82, 2.24) is 5.32 Å². The van der Waals surface area contributed by atoms with Gasteiger partial charge in [-0.2, -0.15) is 0 Å². The molecule has 30 valence electrons. The van der Waals surface area contributed by atoms with Crippen LogP contribution in [0.3, 0.4) is 0 Å². The van der Waals surface area contributed by atoms with E-state index in [2.05, 4.69) is 16.9 Å². The zero-order valence-electron chi connectivity index (χ0n) is 3.18. The first-order valence-corrected chi connectivity index (χ1v) is 1.68. The van der Waals surface area contributed by atoms with E-state index >= 15 is 0 Å². The van der Waals surface area contributed by atoms with Crippen molar-refractivity contribution in [3.05, 3.63) is 18.8 Å². The van der Waals surface area contributed by atoms with E-state index in [1.54, 1.807) is 18.6 Å². The molecule has 0 aromatic rings. The number of hydrogen-bond donors (Lipinski definition) is 1. The van der Waals surface area contributed by atoms with Gasteiger partial charge < -0.3 is 5.32 Å². The Bertz CT molecular complexity index is 71.5. The number of nitrogens with zero attached hydrogens (tertiary/aromatic N) is 1. The molecule has 0 aromatic carbocycles. The summed E-state index contributed by atoms with van der Waals surface area (Å²) in [6.07, 6.45) is 4.94. The SMILES string of the molecule is [C]1C=CN=CN1. The summed E-state index contributed by atoms with van der Waals surface area (Å²) in [4.78, 5) is 3.70. The van der Waals surface area contributed by atoms with E-state index in [0.29, 0.717) is 0 Å². The third-order valence-electron chi connectivity index (χ3n) is 0.466. The highest BCUT2D eigenvalue weighted by Gasteiger charge is 1.77. The molecular weight excluding hydrogens is 76.1 g/mol. The second-order valence-corrected chi connectivity index (χ2v) is 0.883. The summed E-state index contributed by atoms with van der Waals surface area (Å²) >= 11 is 0. The summed E-state index contributed by atoms with van der Waals surface area (Å²) in [6, 6.07) is 0. The second-order valence-electron chi connectivity index (χ2n) is 0.883. The zero-order chi connectivity index (χ0) is 4.24. The fourth-order valence-corrected chi connectivity index (χ4v) is 0.246. The lowest BCUT2D eigenvalue weighted by Crippen LogP contribution is -2.05. The van der Waals surface area contributed by atoms with Gasteiger partial charge in [0.05, 0.1) is 6.34 Å². The summed E-state index contributed by atoms with van der Waals surface area (Å²) in [5.74, 6) is 0. The normalized spacial score (nSPS) is 17.3. The van der Waals surface area contributed by atoms with Gasteiger partial charge in [0, 0.05) is 6.20 Å². The van der Waals surface area contributed by atoms with Gasteiger partial charge in [-0.3, -0.25) is 0 Å². The molecule has 1 aliphatic rings. The fraction of sp³-hybridized carbons (Fsp3) is 0. The van der Waals surface area contributed by atoms with Crippen LogP contribution in [0.2, 0.25) is 0 Å². The number of hydrogen-bond acceptors (Lipinski definition) is 2. The van der Waals surface area contributed by atoms with Crippen LogP contribution in [0.15, 0.2) is 17.3 Å². The van der Waals surface area contributed by atoms with Gasteiger partial charge in [-0.15, -0.1) is 0 Å². The molecular formula is C4H4N2. The Morgan fingerprint density at radius 2 is 2.67 bits per heavy atom. The van der Waals surface area contributed by atoms with Gasteiger partial charge in [-0.1, -0.05) is 0 Å². The summed E-state index contributed by atoms with van der Waals surface area (Å²) in [5, 5.41) is 2.66. The molecule has 1 aliphatic heterocycles. The molecule has 0 unspecified atom stereocenters. The first-order valence-electron chi connectivity index (χ1n) is 1.68. The van der Waals surface area contributed by atoms with E-state index in [0.717, 1.165) is 0 Å². The van der Waals surface area contributed by atoms with E-state index in [9.17, 15) is 0 Å². The van der Waals surface area contributed by atoms with Gasteiger partial charge in [0.25, 0.3) is 0 Å². The van der Waals surface area contributed by atoms with Crippen LogP contribution in [0.5, 0.6) is 0 Å². The topological polar surface area (TPSA) is 24.4 Å². The molecule has 6 heavy (non-hydrogen) atoms. The van der Waals surface area contributed by atoms with Crippen LogP contribution in [-0.4, -0.2) is 6.34 Å². The van der Waals surface area contributed by atoms with E-state index in [4.69, 9.17) is 0 Å². The highest BCUT2D eigenvalue weighted by Crippen LogP contribution is 1.79. The monoisotopic (exact) mass is 80.0 g/mol. The van der Waals surface area contributed by atoms with Gasteiger partial charge in [0.1, 0.15) is 6.54 Å². The van der Waals surface area contributed by atoms with Crippen molar-refractivity contribution in [2.45, 2.75) is 0 Å². The van der Waals surface area contributed by atoms with Crippen LogP contribution < -0.4 is 5.32 Å². The number of rotatable bonds is 0. The minimum absolute atomic E-state index is 1.57. The quantitative estimate of drug-likeness (QED) is 0.440. The predicted molar refractivity (Wildman–Crippen MR) is 24.0 cm³/mol. The standard InChI is InChI=1S/C4H4N2/c1-2-5-4-6-3-1/h1-2,4H,(H,5,6). The molecule has 0 bridgehead atoms. The van der Waals surface area contributed by atoms with Gasteiger partial charge in [-0.25, -0.2) is 4.99 Å². The van der Waals surface area contributed by atoms with Crippen molar-refractivity contribution in [2.24, 2.45) is 4.99 Å². The summed E-state index contributed by atoms with van der Waals surface area (Å²) in [7, 11) is 0. The highest BCUT2D eigenvalue weighted by molar-refractivity contribution is 5.58. The van der Waals surface area contributed by atoms with Crippen molar-refractivity contribution < 1.29 is 0 Å². The van der Waals surface area contributed by atoms with Crippen LogP contribution in [0.4, 0.5) is 0 Å². The molecule has 1 rings (SSSR count). The molecule has 2 heteroatoms. The molecule has 0 saturated carbocycles. The molecule has 0 fully saturated rings. The number of nitrogens with one attached hydrogen (secondary N) is 1. The molecule has 1 heterocycles. The molecule has 0 amide bonds. The van der Waals surface area contributed by atoms with Crippen LogP contribution >= 0.6 is 0 Å². The first kappa shape index (κ1) is 3.40. The molecule has 0 aromatic heterocycles. The van der Waals surface area contributed by atoms with Gasteiger partial charge >= 0.3 is 0 Å². The van der Waals surface area contributed by atoms with E-state index in [-0.39, 0.29) is 0 Å². The maximum Gasteiger partial charge on any atom is 0.117 e. The Morgan fingerprint density at radius 3 is 2.83 bits per heavy atom. The average molecular weight is 80.1 g/mol. The van der Waals surface area contributed by atoms with Gasteiger partial charge in [0.15, 0.2) is 0 Å². The van der Waals surface area contributed by atoms with E-state index in [1.807, 2.05) is 0 Å². The molecule has 2 radical (unpaired) electrons. The summed E-state index contributed by atoms with van der Waals surface area (Å²) < 4.78 is 0. The lowest BCUT2D eigenvalue weighted by atomic mass is 10.6. The number of aliphatic imine (C=N–C) groups is 1. The highest BCUT2D eigenvalue weighted by atomic mass is 14.9. The second kappa shape index (κ2) is 1.60. The lowest BCUT2D eigenvalue weighted by Gasteiger charge is -1.91. The lowest BCUT2D eigenvalue weighted by molar-refractivity contribution is 1.17. The smallest absolute Gasteiger partial charge is 0.117 e. The minimum atomic E-state index is 1.57. The molecule has 0 aliphatic carbocycles. The Hall–Kier alpha value is -0.790. The van der Waals surface area contributed by atoms with Gasteiger partial charge in [0.2, 0.25) is 0 Å². The molecule has 0 saturated heterocycles. The van der Waals surface area contributed by atoms with Crippen LogP contribution in [0.1, 0.15) is 0 Å². The van der Waals surface area contributed by atoms with Crippen LogP contribution in [0.25, 0.3) is 0 Å². The van der Waals surface area contributed by atoms with Crippen molar-refractivity contribution in [3.63, 3.8) is 0 Å². The Morgan fingerprint density at radius 1 is 1.67 bits per heavy atom.